The summed E-state index contributed by atoms with van der Waals surface area (Å²) in [6, 6.07) is 10.1. The van der Waals surface area contributed by atoms with Crippen LogP contribution in [0.1, 0.15) is 0 Å². The lowest BCUT2D eigenvalue weighted by Crippen LogP contribution is -2.36. The zero-order chi connectivity index (χ0) is 16.3. The van der Waals surface area contributed by atoms with Gasteiger partial charge < -0.3 is 5.11 Å². The molecule has 0 fully saturated rings. The van der Waals surface area contributed by atoms with Gasteiger partial charge in [-0.1, -0.05) is 23.7 Å². The van der Waals surface area contributed by atoms with Crippen molar-refractivity contribution >= 4 is 33.3 Å². The van der Waals surface area contributed by atoms with Crippen LogP contribution < -0.4 is 4.31 Å². The number of aliphatic carboxylic acids is 1. The number of rotatable bonds is 5. The number of carboxylic acids is 1. The second kappa shape index (κ2) is 6.33. The Morgan fingerprint density at radius 2 is 1.73 bits per heavy atom. The summed E-state index contributed by atoms with van der Waals surface area (Å²) >= 11 is 5.96. The van der Waals surface area contributed by atoms with Crippen LogP contribution >= 0.6 is 11.6 Å². The van der Waals surface area contributed by atoms with Gasteiger partial charge in [-0.05, 0) is 36.4 Å². The molecule has 0 unspecified atom stereocenters. The quantitative estimate of drug-likeness (QED) is 0.905. The number of carboxylic acid groups (broad SMARTS) is 1. The molecule has 0 aliphatic heterocycles. The van der Waals surface area contributed by atoms with Crippen LogP contribution in [0.4, 0.5) is 10.1 Å². The van der Waals surface area contributed by atoms with Crippen molar-refractivity contribution in [3.63, 3.8) is 0 Å². The molecule has 1 N–H and O–H groups in total. The molecule has 0 aliphatic rings. The van der Waals surface area contributed by atoms with E-state index in [-0.39, 0.29) is 15.6 Å². The number of hydrogen-bond donors (Lipinski definition) is 1. The number of sulfonamides is 1. The number of hydrogen-bond acceptors (Lipinski definition) is 3. The Balaban J connectivity index is 2.56. The molecule has 22 heavy (non-hydrogen) atoms. The van der Waals surface area contributed by atoms with E-state index in [1.54, 1.807) is 6.07 Å². The Kier molecular flexibility index (Phi) is 4.68. The minimum atomic E-state index is -4.19. The van der Waals surface area contributed by atoms with E-state index < -0.39 is 28.4 Å². The third kappa shape index (κ3) is 3.37. The van der Waals surface area contributed by atoms with E-state index >= 15 is 0 Å². The van der Waals surface area contributed by atoms with Crippen LogP contribution in [0.2, 0.25) is 5.02 Å². The van der Waals surface area contributed by atoms with Crippen molar-refractivity contribution in [2.24, 2.45) is 0 Å². The summed E-state index contributed by atoms with van der Waals surface area (Å²) in [5, 5.41) is 9.07. The van der Waals surface area contributed by atoms with E-state index in [0.717, 1.165) is 24.3 Å². The molecule has 0 aliphatic carbocycles. The van der Waals surface area contributed by atoms with E-state index in [9.17, 15) is 17.6 Å². The lowest BCUT2D eigenvalue weighted by molar-refractivity contribution is -0.135. The average Bonchev–Trinajstić information content (AvgIpc) is 2.46. The molecule has 0 saturated carbocycles. The van der Waals surface area contributed by atoms with Gasteiger partial charge >= 0.3 is 5.97 Å². The second-order valence-electron chi connectivity index (χ2n) is 4.31. The summed E-state index contributed by atoms with van der Waals surface area (Å²) in [5.74, 6) is -1.94. The van der Waals surface area contributed by atoms with Crippen LogP contribution in [0.15, 0.2) is 53.4 Å². The van der Waals surface area contributed by atoms with Crippen LogP contribution in [-0.4, -0.2) is 26.0 Å². The molecule has 0 atom stereocenters. The summed E-state index contributed by atoms with van der Waals surface area (Å²) in [5.41, 5.74) is 0.0379. The summed E-state index contributed by atoms with van der Waals surface area (Å²) < 4.78 is 38.8. The van der Waals surface area contributed by atoms with Gasteiger partial charge in [0.25, 0.3) is 10.0 Å². The molecule has 5 nitrogen and oxygen atoms in total. The minimum absolute atomic E-state index is 0.0379. The van der Waals surface area contributed by atoms with Gasteiger partial charge in [0.2, 0.25) is 0 Å². The Morgan fingerprint density at radius 3 is 2.27 bits per heavy atom. The first-order chi connectivity index (χ1) is 10.3. The summed E-state index contributed by atoms with van der Waals surface area (Å²) in [6.07, 6.45) is 0. The van der Waals surface area contributed by atoms with Crippen LogP contribution in [0.3, 0.4) is 0 Å². The molecule has 0 radical (unpaired) electrons. The summed E-state index contributed by atoms with van der Waals surface area (Å²) in [4.78, 5) is 10.8. The Labute approximate surface area is 131 Å². The molecular formula is C14H11ClFNO4S. The number of benzene rings is 2. The van der Waals surface area contributed by atoms with E-state index in [0.29, 0.717) is 4.31 Å². The highest BCUT2D eigenvalue weighted by molar-refractivity contribution is 7.92. The number of halogens is 2. The molecule has 0 bridgehead atoms. The zero-order valence-electron chi connectivity index (χ0n) is 11.1. The first-order valence-corrected chi connectivity index (χ1v) is 7.89. The van der Waals surface area contributed by atoms with E-state index in [1.807, 2.05) is 0 Å². The molecule has 8 heteroatoms. The van der Waals surface area contributed by atoms with Gasteiger partial charge in [-0.15, -0.1) is 0 Å². The van der Waals surface area contributed by atoms with Gasteiger partial charge in [0, 0.05) is 0 Å². The predicted molar refractivity (Wildman–Crippen MR) is 80.0 cm³/mol. The molecular weight excluding hydrogens is 333 g/mol. The highest BCUT2D eigenvalue weighted by Gasteiger charge is 2.28. The van der Waals surface area contributed by atoms with Crippen LogP contribution in [-0.2, 0) is 14.8 Å². The van der Waals surface area contributed by atoms with Gasteiger partial charge in [-0.2, -0.15) is 0 Å². The van der Waals surface area contributed by atoms with Crippen LogP contribution in [0.25, 0.3) is 0 Å². The third-order valence-electron chi connectivity index (χ3n) is 2.80. The number of para-hydroxylation sites is 1. The average molecular weight is 344 g/mol. The molecule has 2 aromatic carbocycles. The second-order valence-corrected chi connectivity index (χ2v) is 6.58. The van der Waals surface area contributed by atoms with Gasteiger partial charge in [-0.25, -0.2) is 12.8 Å². The maximum atomic E-state index is 12.9. The maximum Gasteiger partial charge on any atom is 0.324 e. The lowest BCUT2D eigenvalue weighted by Gasteiger charge is -2.23. The summed E-state index contributed by atoms with van der Waals surface area (Å²) in [6.45, 7) is -0.802. The van der Waals surface area contributed by atoms with Gasteiger partial charge in [0.05, 0.1) is 15.6 Å². The third-order valence-corrected chi connectivity index (χ3v) is 4.90. The molecule has 0 aromatic heterocycles. The maximum absolute atomic E-state index is 12.9. The Morgan fingerprint density at radius 1 is 1.14 bits per heavy atom. The number of carbonyl (C=O) groups is 1. The fourth-order valence-corrected chi connectivity index (χ4v) is 3.53. The largest absolute Gasteiger partial charge is 0.480 e. The van der Waals surface area contributed by atoms with Crippen molar-refractivity contribution < 1.29 is 22.7 Å². The van der Waals surface area contributed by atoms with Crippen molar-refractivity contribution in [2.45, 2.75) is 4.90 Å². The van der Waals surface area contributed by atoms with E-state index in [1.165, 1.54) is 18.2 Å². The number of anilines is 1. The zero-order valence-corrected chi connectivity index (χ0v) is 12.7. The first-order valence-electron chi connectivity index (χ1n) is 6.07. The lowest BCUT2D eigenvalue weighted by atomic mass is 10.3. The van der Waals surface area contributed by atoms with Crippen molar-refractivity contribution in [3.8, 4) is 0 Å². The highest BCUT2D eigenvalue weighted by Crippen LogP contribution is 2.30. The van der Waals surface area contributed by atoms with Crippen molar-refractivity contribution in [1.29, 1.82) is 0 Å². The predicted octanol–water partition coefficient (Wildman–Crippen LogP) is 2.76. The van der Waals surface area contributed by atoms with Gasteiger partial charge in [0.1, 0.15) is 12.4 Å². The fourth-order valence-electron chi connectivity index (χ4n) is 1.81. The molecule has 2 rings (SSSR count). The van der Waals surface area contributed by atoms with Gasteiger partial charge in [-0.3, -0.25) is 9.10 Å². The van der Waals surface area contributed by atoms with Crippen LogP contribution in [0.5, 0.6) is 0 Å². The number of nitrogens with zero attached hydrogens (tertiary/aromatic N) is 1. The topological polar surface area (TPSA) is 74.7 Å². The molecule has 2 aromatic rings. The SMILES string of the molecule is O=C(O)CN(c1ccccc1Cl)S(=O)(=O)c1ccc(F)cc1. The highest BCUT2D eigenvalue weighted by atomic mass is 35.5. The monoisotopic (exact) mass is 343 g/mol. The van der Waals surface area contributed by atoms with Gasteiger partial charge in [0.15, 0.2) is 0 Å². The Hall–Kier alpha value is -2.12. The van der Waals surface area contributed by atoms with Crippen molar-refractivity contribution in [3.05, 3.63) is 59.4 Å². The molecule has 116 valence electrons. The van der Waals surface area contributed by atoms with Crippen LogP contribution in [0, 0.1) is 5.82 Å². The van der Waals surface area contributed by atoms with Crippen molar-refractivity contribution in [2.75, 3.05) is 10.8 Å². The Bertz CT molecular complexity index is 793. The molecule has 0 heterocycles. The normalized spacial score (nSPS) is 11.2. The van der Waals surface area contributed by atoms with E-state index in [4.69, 9.17) is 16.7 Å². The smallest absolute Gasteiger partial charge is 0.324 e. The van der Waals surface area contributed by atoms with E-state index in [2.05, 4.69) is 0 Å². The summed E-state index contributed by atoms with van der Waals surface area (Å²) in [7, 11) is -4.19. The molecule has 0 amide bonds. The standard InChI is InChI=1S/C14H11ClFNO4S/c15-12-3-1-2-4-13(12)17(9-14(18)19)22(20,21)11-7-5-10(16)6-8-11/h1-8H,9H2,(H,18,19). The fraction of sp³-hybridized carbons (Fsp3) is 0.0714. The molecule has 0 saturated heterocycles. The van der Waals surface area contributed by atoms with Crippen molar-refractivity contribution in [1.82, 2.24) is 0 Å². The minimum Gasteiger partial charge on any atom is -0.480 e. The first kappa shape index (κ1) is 16.3. The molecule has 0 spiro atoms.